The Balaban J connectivity index is 0.000000861. The van der Waals surface area contributed by atoms with Crippen LogP contribution in [0.25, 0.3) is 0 Å². The summed E-state index contributed by atoms with van der Waals surface area (Å²) in [5.41, 5.74) is 2.65. The molecule has 0 spiro atoms. The van der Waals surface area contributed by atoms with Gasteiger partial charge < -0.3 is 20.5 Å². The first-order valence-corrected chi connectivity index (χ1v) is 11.4. The SMILES string of the molecule is C=CCCC(OC)C(C)C.CC(NC(=O)C(NC=O)C(C)C)C(=O)N1CCCC(C(=O)O)N1. The molecule has 1 aliphatic rings. The van der Waals surface area contributed by atoms with Crippen LogP contribution in [0.15, 0.2) is 12.7 Å². The third kappa shape index (κ3) is 11.3. The highest BCUT2D eigenvalue weighted by Crippen LogP contribution is 2.12. The van der Waals surface area contributed by atoms with E-state index in [0.717, 1.165) is 12.8 Å². The Labute approximate surface area is 197 Å². The fourth-order valence-corrected chi connectivity index (χ4v) is 3.37. The van der Waals surface area contributed by atoms with Crippen molar-refractivity contribution in [3.63, 3.8) is 0 Å². The molecule has 0 aromatic carbocycles. The van der Waals surface area contributed by atoms with Gasteiger partial charge in [0.25, 0.3) is 5.91 Å². The molecule has 1 heterocycles. The second-order valence-corrected chi connectivity index (χ2v) is 8.77. The maximum Gasteiger partial charge on any atom is 0.322 e. The van der Waals surface area contributed by atoms with E-state index in [4.69, 9.17) is 9.84 Å². The van der Waals surface area contributed by atoms with Crippen molar-refractivity contribution in [2.45, 2.75) is 84.5 Å². The summed E-state index contributed by atoms with van der Waals surface area (Å²) < 4.78 is 5.27. The number of hydrazine groups is 1. The minimum absolute atomic E-state index is 0.132. The standard InChI is InChI=1S/C14H24N4O5.C9H18O/c1-8(2)11(15-7-19)12(20)16-9(3)13(21)18-6-4-5-10(17-18)14(22)23;1-5-6-7-9(10-4)8(2)3/h7-11,17H,4-6H2,1-3H3,(H,15,19)(H,16,20)(H,22,23);5,8-9H,1,6-7H2,2-4H3. The van der Waals surface area contributed by atoms with Gasteiger partial charge in [0.2, 0.25) is 12.3 Å². The van der Waals surface area contributed by atoms with Crippen molar-refractivity contribution in [3.05, 3.63) is 12.7 Å². The number of methoxy groups -OCH3 is 1. The number of nitrogens with one attached hydrogen (secondary N) is 3. The lowest BCUT2D eigenvalue weighted by molar-refractivity contribution is -0.148. The molecule has 190 valence electrons. The van der Waals surface area contributed by atoms with E-state index in [-0.39, 0.29) is 5.92 Å². The summed E-state index contributed by atoms with van der Waals surface area (Å²) in [6, 6.07) is -2.38. The number of allylic oxidation sites excluding steroid dienone is 1. The summed E-state index contributed by atoms with van der Waals surface area (Å²) in [5.74, 6) is -1.41. The Morgan fingerprint density at radius 3 is 2.30 bits per heavy atom. The number of carboxylic acids is 1. The van der Waals surface area contributed by atoms with Gasteiger partial charge in [-0.25, -0.2) is 5.43 Å². The van der Waals surface area contributed by atoms with Crippen LogP contribution in [-0.2, 0) is 23.9 Å². The highest BCUT2D eigenvalue weighted by molar-refractivity contribution is 5.90. The van der Waals surface area contributed by atoms with Gasteiger partial charge >= 0.3 is 5.97 Å². The smallest absolute Gasteiger partial charge is 0.322 e. The van der Waals surface area contributed by atoms with Gasteiger partial charge in [0, 0.05) is 13.7 Å². The summed E-state index contributed by atoms with van der Waals surface area (Å²) in [7, 11) is 1.77. The van der Waals surface area contributed by atoms with Gasteiger partial charge in [-0.1, -0.05) is 33.8 Å². The van der Waals surface area contributed by atoms with Crippen molar-refractivity contribution in [2.24, 2.45) is 11.8 Å². The van der Waals surface area contributed by atoms with Crippen molar-refractivity contribution < 1.29 is 29.0 Å². The molecule has 0 aromatic heterocycles. The summed E-state index contributed by atoms with van der Waals surface area (Å²) in [4.78, 5) is 46.0. The number of rotatable bonds is 12. The average molecular weight is 471 g/mol. The van der Waals surface area contributed by atoms with E-state index in [1.54, 1.807) is 21.0 Å². The molecule has 0 aliphatic carbocycles. The Morgan fingerprint density at radius 1 is 1.21 bits per heavy atom. The maximum absolute atomic E-state index is 12.3. The topological polar surface area (TPSA) is 137 Å². The average Bonchev–Trinajstić information content (AvgIpc) is 2.77. The molecule has 0 bridgehead atoms. The third-order valence-electron chi connectivity index (χ3n) is 5.38. The van der Waals surface area contributed by atoms with Gasteiger partial charge in [0.1, 0.15) is 18.1 Å². The van der Waals surface area contributed by atoms with E-state index < -0.39 is 35.9 Å². The van der Waals surface area contributed by atoms with E-state index in [2.05, 4.69) is 36.5 Å². The molecule has 1 aliphatic heterocycles. The van der Waals surface area contributed by atoms with Crippen LogP contribution < -0.4 is 16.1 Å². The van der Waals surface area contributed by atoms with Crippen LogP contribution in [0.1, 0.15) is 60.3 Å². The molecule has 0 aromatic rings. The van der Waals surface area contributed by atoms with Crippen LogP contribution >= 0.6 is 0 Å². The summed E-state index contributed by atoms with van der Waals surface area (Å²) in [5, 5.41) is 15.2. The predicted octanol–water partition coefficient (Wildman–Crippen LogP) is 1.47. The van der Waals surface area contributed by atoms with E-state index in [1.807, 2.05) is 6.08 Å². The number of carbonyl (C=O) groups is 4. The van der Waals surface area contributed by atoms with Crippen molar-refractivity contribution >= 4 is 24.2 Å². The maximum atomic E-state index is 12.3. The van der Waals surface area contributed by atoms with Gasteiger partial charge in [-0.2, -0.15) is 0 Å². The number of carboxylic acid groups (broad SMARTS) is 1. The van der Waals surface area contributed by atoms with Gasteiger partial charge in [-0.3, -0.25) is 24.2 Å². The van der Waals surface area contributed by atoms with Crippen molar-refractivity contribution in [1.29, 1.82) is 0 Å². The Kier molecular flexibility index (Phi) is 15.0. The number of nitrogens with zero attached hydrogens (tertiary/aromatic N) is 1. The van der Waals surface area contributed by atoms with Crippen LogP contribution in [0, 0.1) is 11.8 Å². The summed E-state index contributed by atoms with van der Waals surface area (Å²) in [6.07, 6.45) is 5.94. The molecule has 10 nitrogen and oxygen atoms in total. The highest BCUT2D eigenvalue weighted by Gasteiger charge is 2.31. The predicted molar refractivity (Wildman–Crippen MR) is 126 cm³/mol. The zero-order valence-corrected chi connectivity index (χ0v) is 20.8. The van der Waals surface area contributed by atoms with Crippen LogP contribution in [0.5, 0.6) is 0 Å². The molecular formula is C23H42N4O6. The lowest BCUT2D eigenvalue weighted by Crippen LogP contribution is -2.60. The fraction of sp³-hybridized carbons (Fsp3) is 0.739. The van der Waals surface area contributed by atoms with Gasteiger partial charge in [-0.15, -0.1) is 6.58 Å². The summed E-state index contributed by atoms with van der Waals surface area (Å²) in [6.45, 7) is 13.5. The molecular weight excluding hydrogens is 428 g/mol. The molecule has 1 saturated heterocycles. The van der Waals surface area contributed by atoms with Crippen molar-refractivity contribution in [1.82, 2.24) is 21.1 Å². The van der Waals surface area contributed by atoms with Crippen LogP contribution in [-0.4, -0.2) is 72.2 Å². The molecule has 1 rings (SSSR count). The first kappa shape index (κ1) is 30.5. The largest absolute Gasteiger partial charge is 0.480 e. The lowest BCUT2D eigenvalue weighted by Gasteiger charge is -2.34. The second-order valence-electron chi connectivity index (χ2n) is 8.77. The Morgan fingerprint density at radius 2 is 1.85 bits per heavy atom. The molecule has 0 saturated carbocycles. The van der Waals surface area contributed by atoms with Crippen LogP contribution in [0.2, 0.25) is 0 Å². The van der Waals surface area contributed by atoms with E-state index in [1.165, 1.54) is 11.9 Å². The third-order valence-corrected chi connectivity index (χ3v) is 5.38. The molecule has 4 unspecified atom stereocenters. The van der Waals surface area contributed by atoms with E-state index in [0.29, 0.717) is 37.8 Å². The molecule has 4 N–H and O–H groups in total. The fourth-order valence-electron chi connectivity index (χ4n) is 3.37. The normalized spacial score (nSPS) is 18.4. The van der Waals surface area contributed by atoms with E-state index >= 15 is 0 Å². The number of carbonyl (C=O) groups excluding carboxylic acids is 3. The molecule has 1 fully saturated rings. The highest BCUT2D eigenvalue weighted by atomic mass is 16.5. The van der Waals surface area contributed by atoms with Crippen molar-refractivity contribution in [2.75, 3.05) is 13.7 Å². The van der Waals surface area contributed by atoms with Gasteiger partial charge in [0.15, 0.2) is 0 Å². The Bertz CT molecular complexity index is 640. The number of hydrogen-bond acceptors (Lipinski definition) is 6. The lowest BCUT2D eigenvalue weighted by atomic mass is 10.0. The number of aliphatic carboxylic acids is 1. The quantitative estimate of drug-likeness (QED) is 0.250. The Hall–Kier alpha value is -2.46. The minimum atomic E-state index is -1.02. The molecule has 33 heavy (non-hydrogen) atoms. The molecule has 4 atom stereocenters. The van der Waals surface area contributed by atoms with Crippen LogP contribution in [0.3, 0.4) is 0 Å². The minimum Gasteiger partial charge on any atom is -0.480 e. The monoisotopic (exact) mass is 470 g/mol. The number of ether oxygens (including phenoxy) is 1. The second kappa shape index (κ2) is 16.2. The molecule has 0 radical (unpaired) electrons. The van der Waals surface area contributed by atoms with Crippen LogP contribution in [0.4, 0.5) is 0 Å². The molecule has 10 heteroatoms. The zero-order valence-electron chi connectivity index (χ0n) is 20.8. The van der Waals surface area contributed by atoms with E-state index in [9.17, 15) is 19.2 Å². The number of hydrogen-bond donors (Lipinski definition) is 4. The van der Waals surface area contributed by atoms with Crippen molar-refractivity contribution in [3.8, 4) is 0 Å². The number of amides is 3. The first-order valence-electron chi connectivity index (χ1n) is 11.4. The van der Waals surface area contributed by atoms with Gasteiger partial charge in [-0.05, 0) is 44.4 Å². The molecule has 3 amide bonds. The van der Waals surface area contributed by atoms with Gasteiger partial charge in [0.05, 0.1) is 6.10 Å². The zero-order chi connectivity index (χ0) is 25.6. The first-order chi connectivity index (χ1) is 15.5. The summed E-state index contributed by atoms with van der Waals surface area (Å²) >= 11 is 0.